The van der Waals surface area contributed by atoms with Crippen LogP contribution in [0.25, 0.3) is 0 Å². The van der Waals surface area contributed by atoms with Gasteiger partial charge in [0.1, 0.15) is 4.21 Å². The van der Waals surface area contributed by atoms with Gasteiger partial charge in [-0.25, -0.2) is 8.42 Å². The lowest BCUT2D eigenvalue weighted by molar-refractivity contribution is 0.0688. The van der Waals surface area contributed by atoms with Gasteiger partial charge in [0.25, 0.3) is 15.0 Å². The van der Waals surface area contributed by atoms with Crippen molar-refractivity contribution in [2.75, 3.05) is 33.5 Å². The van der Waals surface area contributed by atoms with Crippen LogP contribution in [0.3, 0.4) is 0 Å². The van der Waals surface area contributed by atoms with Gasteiger partial charge in [-0.15, -0.1) is 11.3 Å². The average Bonchev–Trinajstić information content (AvgIpc) is 2.87. The number of carbonyl (C=O) groups is 1. The molecule has 1 heterocycles. The predicted molar refractivity (Wildman–Crippen MR) is 77.0 cm³/mol. The maximum absolute atomic E-state index is 11.7. The van der Waals surface area contributed by atoms with Gasteiger partial charge in [-0.3, -0.25) is 4.79 Å². The molecule has 114 valence electrons. The van der Waals surface area contributed by atoms with Crippen LogP contribution in [0.15, 0.2) is 15.7 Å². The molecule has 0 fully saturated rings. The lowest BCUT2D eigenvalue weighted by Gasteiger charge is -2.05. The first kappa shape index (κ1) is 17.4. The van der Waals surface area contributed by atoms with Gasteiger partial charge in [-0.05, 0) is 12.5 Å². The molecule has 1 aromatic heterocycles. The summed E-state index contributed by atoms with van der Waals surface area (Å²) in [6.45, 7) is 2.03. The zero-order valence-electron chi connectivity index (χ0n) is 10.9. The van der Waals surface area contributed by atoms with Crippen LogP contribution >= 0.6 is 22.0 Å². The van der Waals surface area contributed by atoms with E-state index in [-0.39, 0.29) is 15.7 Å². The Balaban J connectivity index is 2.28. The number of amides is 1. The molecule has 1 aromatic rings. The van der Waals surface area contributed by atoms with Crippen molar-refractivity contribution < 1.29 is 22.7 Å². The fourth-order valence-corrected chi connectivity index (χ4v) is 3.23. The summed E-state index contributed by atoms with van der Waals surface area (Å²) in [6.07, 6.45) is 0.667. The summed E-state index contributed by atoms with van der Waals surface area (Å²) in [7, 11) is 3.01. The number of rotatable bonds is 9. The zero-order valence-corrected chi connectivity index (χ0v) is 13.3. The number of nitrogens with one attached hydrogen (secondary N) is 1. The summed E-state index contributed by atoms with van der Waals surface area (Å²) in [5.74, 6) is -0.329. The van der Waals surface area contributed by atoms with Gasteiger partial charge >= 0.3 is 0 Å². The number of halogens is 1. The second-order valence-electron chi connectivity index (χ2n) is 3.81. The number of ether oxygens (including phenoxy) is 2. The average molecular weight is 342 g/mol. The number of carbonyl (C=O) groups excluding carboxylic acids is 1. The van der Waals surface area contributed by atoms with Crippen LogP contribution in [0.5, 0.6) is 0 Å². The van der Waals surface area contributed by atoms with Crippen molar-refractivity contribution in [3.63, 3.8) is 0 Å². The zero-order chi connectivity index (χ0) is 15.0. The van der Waals surface area contributed by atoms with Gasteiger partial charge < -0.3 is 14.8 Å². The minimum absolute atomic E-state index is 0.0350. The molecule has 0 spiro atoms. The SMILES string of the molecule is COCCOCCCNC(=O)c1csc(S(=O)(=O)Cl)c1. The third kappa shape index (κ3) is 6.19. The second-order valence-corrected chi connectivity index (χ2v) is 7.51. The molecular weight excluding hydrogens is 326 g/mol. The van der Waals surface area contributed by atoms with Gasteiger partial charge in [0.05, 0.1) is 18.8 Å². The smallest absolute Gasteiger partial charge is 0.270 e. The van der Waals surface area contributed by atoms with E-state index in [1.807, 2.05) is 0 Å². The van der Waals surface area contributed by atoms with Crippen LogP contribution in [0.4, 0.5) is 0 Å². The first-order valence-electron chi connectivity index (χ1n) is 5.83. The Morgan fingerprint density at radius 1 is 1.40 bits per heavy atom. The van der Waals surface area contributed by atoms with Gasteiger partial charge in [0.15, 0.2) is 0 Å². The summed E-state index contributed by atoms with van der Waals surface area (Å²) >= 11 is 0.918. The monoisotopic (exact) mass is 341 g/mol. The van der Waals surface area contributed by atoms with Gasteiger partial charge in [-0.2, -0.15) is 0 Å². The van der Waals surface area contributed by atoms with E-state index in [0.29, 0.717) is 32.8 Å². The van der Waals surface area contributed by atoms with Crippen LogP contribution in [-0.2, 0) is 18.5 Å². The molecule has 6 nitrogen and oxygen atoms in total. The van der Waals surface area contributed by atoms with Crippen molar-refractivity contribution in [2.24, 2.45) is 0 Å². The lowest BCUT2D eigenvalue weighted by Crippen LogP contribution is -2.25. The van der Waals surface area contributed by atoms with Crippen LogP contribution in [0.1, 0.15) is 16.8 Å². The first-order valence-corrected chi connectivity index (χ1v) is 9.02. The van der Waals surface area contributed by atoms with E-state index < -0.39 is 9.05 Å². The predicted octanol–water partition coefficient (Wildman–Crippen LogP) is 1.46. The number of thiophene rings is 1. The molecule has 0 saturated carbocycles. The summed E-state index contributed by atoms with van der Waals surface area (Å²) in [6, 6.07) is 1.26. The van der Waals surface area contributed by atoms with Crippen LogP contribution in [0, 0.1) is 0 Å². The molecule has 0 aromatic carbocycles. The third-order valence-electron chi connectivity index (χ3n) is 2.26. The maximum Gasteiger partial charge on any atom is 0.270 e. The molecule has 0 atom stereocenters. The Morgan fingerprint density at radius 2 is 2.15 bits per heavy atom. The van der Waals surface area contributed by atoms with E-state index in [1.165, 1.54) is 11.4 Å². The van der Waals surface area contributed by atoms with E-state index in [1.54, 1.807) is 7.11 Å². The normalized spacial score (nSPS) is 11.5. The van der Waals surface area contributed by atoms with E-state index in [4.69, 9.17) is 20.2 Å². The van der Waals surface area contributed by atoms with Gasteiger partial charge in [0, 0.05) is 36.3 Å². The summed E-state index contributed by atoms with van der Waals surface area (Å²) in [5.41, 5.74) is 0.287. The van der Waals surface area contributed by atoms with Crippen LogP contribution in [0.2, 0.25) is 0 Å². The second kappa shape index (κ2) is 8.58. The molecule has 1 rings (SSSR count). The highest BCUT2D eigenvalue weighted by molar-refractivity contribution is 8.15. The molecular formula is C11H16ClNO5S2. The highest BCUT2D eigenvalue weighted by Crippen LogP contribution is 2.23. The third-order valence-corrected chi connectivity index (χ3v) is 5.30. The largest absolute Gasteiger partial charge is 0.382 e. The molecule has 0 aliphatic rings. The van der Waals surface area contributed by atoms with Crippen molar-refractivity contribution in [3.05, 3.63) is 17.0 Å². The fourth-order valence-electron chi connectivity index (χ4n) is 1.29. The van der Waals surface area contributed by atoms with Crippen molar-refractivity contribution in [1.82, 2.24) is 5.32 Å². The molecule has 0 radical (unpaired) electrons. The topological polar surface area (TPSA) is 81.7 Å². The Hall–Kier alpha value is -0.670. The molecule has 0 saturated heterocycles. The number of hydrogen-bond acceptors (Lipinski definition) is 6. The minimum Gasteiger partial charge on any atom is -0.382 e. The molecule has 20 heavy (non-hydrogen) atoms. The van der Waals surface area contributed by atoms with Crippen molar-refractivity contribution in [1.29, 1.82) is 0 Å². The van der Waals surface area contributed by atoms with E-state index in [0.717, 1.165) is 11.3 Å². The van der Waals surface area contributed by atoms with Gasteiger partial charge in [0.2, 0.25) is 0 Å². The van der Waals surface area contributed by atoms with Crippen molar-refractivity contribution in [2.45, 2.75) is 10.6 Å². The first-order chi connectivity index (χ1) is 9.45. The quantitative estimate of drug-likeness (QED) is 0.543. The highest BCUT2D eigenvalue weighted by atomic mass is 35.7. The van der Waals surface area contributed by atoms with Crippen molar-refractivity contribution >= 4 is 37.0 Å². The Labute approximate surface area is 126 Å². The molecule has 0 unspecified atom stereocenters. The van der Waals surface area contributed by atoms with Crippen LogP contribution in [-0.4, -0.2) is 47.8 Å². The van der Waals surface area contributed by atoms with E-state index in [2.05, 4.69) is 5.32 Å². The fraction of sp³-hybridized carbons (Fsp3) is 0.545. The van der Waals surface area contributed by atoms with E-state index >= 15 is 0 Å². The Kier molecular flexibility index (Phi) is 7.46. The number of methoxy groups -OCH3 is 1. The van der Waals surface area contributed by atoms with E-state index in [9.17, 15) is 13.2 Å². The van der Waals surface area contributed by atoms with Crippen LogP contribution < -0.4 is 5.32 Å². The summed E-state index contributed by atoms with van der Waals surface area (Å²) in [4.78, 5) is 11.7. The molecule has 0 aliphatic heterocycles. The standard InChI is InChI=1S/C11H16ClNO5S2/c1-17-5-6-18-4-2-3-13-11(14)9-7-10(19-8-9)20(12,15)16/h7-8H,2-6H2,1H3,(H,13,14). The maximum atomic E-state index is 11.7. The summed E-state index contributed by atoms with van der Waals surface area (Å²) in [5, 5.41) is 4.13. The minimum atomic E-state index is -3.77. The highest BCUT2D eigenvalue weighted by Gasteiger charge is 2.16. The number of hydrogen-bond donors (Lipinski definition) is 1. The Bertz CT molecular complexity index is 529. The van der Waals surface area contributed by atoms with Gasteiger partial charge in [-0.1, -0.05) is 0 Å². The molecule has 1 amide bonds. The van der Waals surface area contributed by atoms with Crippen molar-refractivity contribution in [3.8, 4) is 0 Å². The molecule has 0 bridgehead atoms. The molecule has 9 heteroatoms. The Morgan fingerprint density at radius 3 is 2.75 bits per heavy atom. The molecule has 1 N–H and O–H groups in total. The lowest BCUT2D eigenvalue weighted by atomic mass is 10.3. The summed E-state index contributed by atoms with van der Waals surface area (Å²) < 4.78 is 32.2. The molecule has 0 aliphatic carbocycles.